The Labute approximate surface area is 156 Å². The molecule has 2 aromatic rings. The first-order valence-electron chi connectivity index (χ1n) is 7.81. The number of piperidine rings is 1. The Morgan fingerprint density at radius 1 is 1.08 bits per heavy atom. The van der Waals surface area contributed by atoms with Crippen LogP contribution in [0.15, 0.2) is 18.2 Å². The summed E-state index contributed by atoms with van der Waals surface area (Å²) in [7, 11) is 0. The number of hydrogen-bond acceptors (Lipinski definition) is 4. The maximum Gasteiger partial charge on any atom is 0.172 e. The fraction of sp³-hybridized carbons (Fsp3) is 0.412. The van der Waals surface area contributed by atoms with Crippen LogP contribution in [0.3, 0.4) is 0 Å². The highest BCUT2D eigenvalue weighted by Gasteiger charge is 2.28. The maximum atomic E-state index is 6.40. The first-order chi connectivity index (χ1) is 11.3. The molecule has 3 rings (SSSR count). The third-order valence-electron chi connectivity index (χ3n) is 4.49. The summed E-state index contributed by atoms with van der Waals surface area (Å²) in [6, 6.07) is 5.30. The lowest BCUT2D eigenvalue weighted by atomic mass is 9.83. The van der Waals surface area contributed by atoms with Gasteiger partial charge < -0.3 is 10.6 Å². The molecule has 1 aliphatic rings. The highest BCUT2D eigenvalue weighted by Crippen LogP contribution is 2.38. The number of rotatable bonds is 2. The van der Waals surface area contributed by atoms with Crippen LogP contribution in [0, 0.1) is 5.41 Å². The Balaban J connectivity index is 1.96. The number of nitrogens with two attached hydrogens (primary N) is 1. The van der Waals surface area contributed by atoms with Crippen LogP contribution in [-0.4, -0.2) is 23.1 Å². The average Bonchev–Trinajstić information content (AvgIpc) is 2.52. The van der Waals surface area contributed by atoms with E-state index in [0.717, 1.165) is 25.9 Å². The number of nitrogens with zero attached hydrogens (tertiary/aromatic N) is 3. The Bertz CT molecular complexity index is 767. The second kappa shape index (κ2) is 6.58. The summed E-state index contributed by atoms with van der Waals surface area (Å²) in [4.78, 5) is 11.1. The highest BCUT2D eigenvalue weighted by molar-refractivity contribution is 6.43. The van der Waals surface area contributed by atoms with Crippen molar-refractivity contribution in [1.29, 1.82) is 0 Å². The third kappa shape index (κ3) is 3.41. The molecule has 7 heteroatoms. The van der Waals surface area contributed by atoms with Crippen molar-refractivity contribution >= 4 is 46.4 Å². The zero-order valence-electron chi connectivity index (χ0n) is 13.6. The molecule has 1 aromatic carbocycles. The summed E-state index contributed by atoms with van der Waals surface area (Å²) in [5, 5.41) is 1.16. The van der Waals surface area contributed by atoms with Gasteiger partial charge in [-0.05, 0) is 24.3 Å². The SMILES string of the molecule is CC1(C)CCN(c2nc(N)c(-c3cccc(Cl)c3Cl)nc2Cl)CC1. The van der Waals surface area contributed by atoms with Gasteiger partial charge in [-0.1, -0.05) is 60.8 Å². The number of hydrogen-bond donors (Lipinski definition) is 1. The number of halogens is 3. The molecule has 1 fully saturated rings. The number of nitrogen functional groups attached to an aromatic ring is 1. The van der Waals surface area contributed by atoms with Crippen molar-refractivity contribution in [2.75, 3.05) is 23.7 Å². The molecule has 0 unspecified atom stereocenters. The monoisotopic (exact) mass is 384 g/mol. The minimum Gasteiger partial charge on any atom is -0.382 e. The third-order valence-corrected chi connectivity index (χ3v) is 5.56. The van der Waals surface area contributed by atoms with E-state index in [1.54, 1.807) is 18.2 Å². The minimum absolute atomic E-state index is 0.295. The van der Waals surface area contributed by atoms with Crippen LogP contribution >= 0.6 is 34.8 Å². The summed E-state index contributed by atoms with van der Waals surface area (Å²) in [5.41, 5.74) is 7.56. The minimum atomic E-state index is 0.295. The smallest absolute Gasteiger partial charge is 0.172 e. The van der Waals surface area contributed by atoms with E-state index in [-0.39, 0.29) is 0 Å². The molecule has 128 valence electrons. The second-order valence-corrected chi connectivity index (χ2v) is 7.97. The lowest BCUT2D eigenvalue weighted by Gasteiger charge is -2.37. The van der Waals surface area contributed by atoms with Crippen LogP contribution < -0.4 is 10.6 Å². The van der Waals surface area contributed by atoms with E-state index in [2.05, 4.69) is 28.7 Å². The van der Waals surface area contributed by atoms with Gasteiger partial charge in [0.05, 0.1) is 10.0 Å². The van der Waals surface area contributed by atoms with Crippen molar-refractivity contribution in [2.45, 2.75) is 26.7 Å². The van der Waals surface area contributed by atoms with Gasteiger partial charge in [0.1, 0.15) is 5.69 Å². The molecular weight excluding hydrogens is 367 g/mol. The quantitative estimate of drug-likeness (QED) is 0.761. The summed E-state index contributed by atoms with van der Waals surface area (Å²) < 4.78 is 0. The Kier molecular flexibility index (Phi) is 4.82. The normalized spacial score (nSPS) is 17.1. The van der Waals surface area contributed by atoms with Gasteiger partial charge in [-0.25, -0.2) is 9.97 Å². The van der Waals surface area contributed by atoms with Crippen LogP contribution in [-0.2, 0) is 0 Å². The molecule has 0 saturated carbocycles. The Hall–Kier alpha value is -1.23. The van der Waals surface area contributed by atoms with Gasteiger partial charge in [0.2, 0.25) is 0 Å². The van der Waals surface area contributed by atoms with Gasteiger partial charge in [0.25, 0.3) is 0 Å². The van der Waals surface area contributed by atoms with Gasteiger partial charge in [0, 0.05) is 18.7 Å². The fourth-order valence-corrected chi connectivity index (χ4v) is 3.46. The molecule has 0 atom stereocenters. The predicted molar refractivity (Wildman–Crippen MR) is 102 cm³/mol. The lowest BCUT2D eigenvalue weighted by molar-refractivity contribution is 0.279. The van der Waals surface area contributed by atoms with Crippen molar-refractivity contribution in [3.05, 3.63) is 33.4 Å². The van der Waals surface area contributed by atoms with Crippen LogP contribution in [0.2, 0.25) is 15.2 Å². The van der Waals surface area contributed by atoms with Gasteiger partial charge in [-0.15, -0.1) is 0 Å². The standard InChI is InChI=1S/C17H19Cl3N4/c1-17(2)6-8-24(9-7-17)16-14(20)22-13(15(21)23-16)10-4-3-5-11(18)12(10)19/h3-5H,6-9H2,1-2H3,(H2,21,23). The molecule has 1 saturated heterocycles. The molecule has 24 heavy (non-hydrogen) atoms. The van der Waals surface area contributed by atoms with Gasteiger partial charge in [0.15, 0.2) is 16.8 Å². The lowest BCUT2D eigenvalue weighted by Crippen LogP contribution is -2.38. The van der Waals surface area contributed by atoms with Crippen LogP contribution in [0.1, 0.15) is 26.7 Å². The predicted octanol–water partition coefficient (Wildman–Crippen LogP) is 5.31. The van der Waals surface area contributed by atoms with E-state index in [1.807, 2.05) is 0 Å². The molecule has 4 nitrogen and oxygen atoms in total. The maximum absolute atomic E-state index is 6.40. The topological polar surface area (TPSA) is 55.0 Å². The molecule has 2 N–H and O–H groups in total. The Morgan fingerprint density at radius 3 is 2.42 bits per heavy atom. The van der Waals surface area contributed by atoms with Crippen molar-refractivity contribution in [1.82, 2.24) is 9.97 Å². The summed E-state index contributed by atoms with van der Waals surface area (Å²) in [5.74, 6) is 0.926. The number of anilines is 2. The summed E-state index contributed by atoms with van der Waals surface area (Å²) in [6.45, 7) is 6.32. The first kappa shape index (κ1) is 17.6. The van der Waals surface area contributed by atoms with E-state index in [9.17, 15) is 0 Å². The van der Waals surface area contributed by atoms with E-state index in [1.165, 1.54) is 0 Å². The van der Waals surface area contributed by atoms with Gasteiger partial charge in [-0.3, -0.25) is 0 Å². The Morgan fingerprint density at radius 2 is 1.75 bits per heavy atom. The molecule has 0 aliphatic carbocycles. The van der Waals surface area contributed by atoms with Crippen molar-refractivity contribution < 1.29 is 0 Å². The number of aromatic nitrogens is 2. The van der Waals surface area contributed by atoms with Crippen LogP contribution in [0.25, 0.3) is 11.3 Å². The van der Waals surface area contributed by atoms with E-state index < -0.39 is 0 Å². The molecule has 0 radical (unpaired) electrons. The zero-order chi connectivity index (χ0) is 17.5. The van der Waals surface area contributed by atoms with Crippen molar-refractivity contribution in [3.63, 3.8) is 0 Å². The molecule has 2 heterocycles. The molecule has 0 spiro atoms. The van der Waals surface area contributed by atoms with Gasteiger partial charge >= 0.3 is 0 Å². The highest BCUT2D eigenvalue weighted by atomic mass is 35.5. The van der Waals surface area contributed by atoms with Crippen molar-refractivity contribution in [2.24, 2.45) is 5.41 Å². The van der Waals surface area contributed by atoms with E-state index >= 15 is 0 Å². The average molecular weight is 386 g/mol. The fourth-order valence-electron chi connectivity index (χ4n) is 2.83. The largest absolute Gasteiger partial charge is 0.382 e. The molecule has 0 bridgehead atoms. The van der Waals surface area contributed by atoms with Crippen molar-refractivity contribution in [3.8, 4) is 11.3 Å². The van der Waals surface area contributed by atoms with E-state index in [0.29, 0.717) is 43.5 Å². The number of benzene rings is 1. The van der Waals surface area contributed by atoms with Crippen LogP contribution in [0.5, 0.6) is 0 Å². The van der Waals surface area contributed by atoms with Crippen LogP contribution in [0.4, 0.5) is 11.6 Å². The summed E-state index contributed by atoms with van der Waals surface area (Å²) in [6.07, 6.45) is 2.15. The zero-order valence-corrected chi connectivity index (χ0v) is 15.9. The molecule has 0 amide bonds. The first-order valence-corrected chi connectivity index (χ1v) is 8.94. The second-order valence-electron chi connectivity index (χ2n) is 6.82. The van der Waals surface area contributed by atoms with Gasteiger partial charge in [-0.2, -0.15) is 0 Å². The van der Waals surface area contributed by atoms with E-state index in [4.69, 9.17) is 40.5 Å². The molecular formula is C17H19Cl3N4. The molecule has 1 aliphatic heterocycles. The summed E-state index contributed by atoms with van der Waals surface area (Å²) >= 11 is 18.7. The molecule has 1 aromatic heterocycles.